The number of benzene rings is 1. The van der Waals surface area contributed by atoms with E-state index in [1.807, 2.05) is 24.3 Å². The predicted octanol–water partition coefficient (Wildman–Crippen LogP) is 6.80. The van der Waals surface area contributed by atoms with Crippen LogP contribution in [0.2, 0.25) is 0 Å². The van der Waals surface area contributed by atoms with Crippen LogP contribution in [0, 0.1) is 16.7 Å². The standard InChI is InChI=1S/C26H34N4/c1-24(2,3)17-26(7,8)29-23-22(25(4,5)6)28-21-14-13-20(16-30(21)23)19-11-9-18(15-27)10-12-19/h9-14,16,29H,17H2,1-8H3. The monoisotopic (exact) mass is 402 g/mol. The van der Waals surface area contributed by atoms with Gasteiger partial charge in [0.2, 0.25) is 0 Å². The molecule has 2 aromatic heterocycles. The molecule has 4 heteroatoms. The average Bonchev–Trinajstić information content (AvgIpc) is 2.97. The molecule has 0 saturated carbocycles. The highest BCUT2D eigenvalue weighted by Crippen LogP contribution is 2.36. The van der Waals surface area contributed by atoms with Crippen LogP contribution < -0.4 is 5.32 Å². The summed E-state index contributed by atoms with van der Waals surface area (Å²) in [5.41, 5.74) is 4.91. The Balaban J connectivity index is 2.13. The fourth-order valence-electron chi connectivity index (χ4n) is 4.29. The first-order valence-electron chi connectivity index (χ1n) is 10.6. The van der Waals surface area contributed by atoms with E-state index in [2.05, 4.69) is 89.5 Å². The van der Waals surface area contributed by atoms with Gasteiger partial charge in [0.1, 0.15) is 11.5 Å². The molecule has 0 saturated heterocycles. The number of fused-ring (bicyclic) bond motifs is 1. The van der Waals surface area contributed by atoms with E-state index in [1.54, 1.807) is 0 Å². The van der Waals surface area contributed by atoms with Gasteiger partial charge in [-0.05, 0) is 61.1 Å². The molecule has 0 fully saturated rings. The van der Waals surface area contributed by atoms with Gasteiger partial charge in [0.05, 0.1) is 17.3 Å². The summed E-state index contributed by atoms with van der Waals surface area (Å²) in [6, 6.07) is 14.1. The molecule has 0 aliphatic carbocycles. The second-order valence-electron chi connectivity index (χ2n) is 11.1. The number of imidazole rings is 1. The van der Waals surface area contributed by atoms with E-state index in [0.29, 0.717) is 5.56 Å². The lowest BCUT2D eigenvalue weighted by atomic mass is 9.81. The number of pyridine rings is 1. The second-order valence-corrected chi connectivity index (χ2v) is 11.1. The van der Waals surface area contributed by atoms with Gasteiger partial charge in [0, 0.05) is 17.2 Å². The van der Waals surface area contributed by atoms with Gasteiger partial charge in [-0.2, -0.15) is 5.26 Å². The van der Waals surface area contributed by atoms with Gasteiger partial charge in [-0.15, -0.1) is 0 Å². The van der Waals surface area contributed by atoms with E-state index in [0.717, 1.165) is 34.7 Å². The van der Waals surface area contributed by atoms with Crippen molar-refractivity contribution in [3.05, 3.63) is 53.9 Å². The molecule has 3 rings (SSSR count). The van der Waals surface area contributed by atoms with Crippen molar-refractivity contribution in [1.82, 2.24) is 9.38 Å². The molecule has 0 atom stereocenters. The summed E-state index contributed by atoms with van der Waals surface area (Å²) in [7, 11) is 0. The SMILES string of the molecule is CC(C)(C)CC(C)(C)Nc1c(C(C)(C)C)nc2ccc(-c3ccc(C#N)cc3)cn12. The van der Waals surface area contributed by atoms with E-state index < -0.39 is 0 Å². The minimum absolute atomic E-state index is 0.0826. The molecule has 1 aromatic carbocycles. The van der Waals surface area contributed by atoms with Crippen molar-refractivity contribution in [2.24, 2.45) is 5.41 Å². The van der Waals surface area contributed by atoms with Crippen molar-refractivity contribution in [3.8, 4) is 17.2 Å². The number of aromatic nitrogens is 2. The van der Waals surface area contributed by atoms with Crippen LogP contribution in [0.4, 0.5) is 5.82 Å². The predicted molar refractivity (Wildman–Crippen MR) is 126 cm³/mol. The van der Waals surface area contributed by atoms with Crippen molar-refractivity contribution in [2.45, 2.75) is 72.8 Å². The third-order valence-electron chi connectivity index (χ3n) is 5.11. The molecule has 0 unspecified atom stereocenters. The fraction of sp³-hybridized carbons (Fsp3) is 0.462. The summed E-state index contributed by atoms with van der Waals surface area (Å²) in [6.45, 7) is 18.0. The second kappa shape index (κ2) is 7.47. The minimum Gasteiger partial charge on any atom is -0.365 e. The van der Waals surface area contributed by atoms with Crippen LogP contribution in [-0.2, 0) is 5.41 Å². The molecule has 3 aromatic rings. The molecular formula is C26H34N4. The van der Waals surface area contributed by atoms with Crippen molar-refractivity contribution in [1.29, 1.82) is 5.26 Å². The van der Waals surface area contributed by atoms with Gasteiger partial charge >= 0.3 is 0 Å². The first-order chi connectivity index (χ1) is 13.8. The van der Waals surface area contributed by atoms with Gasteiger partial charge in [-0.25, -0.2) is 4.98 Å². The Bertz CT molecular complexity index is 1080. The molecular weight excluding hydrogens is 368 g/mol. The normalized spacial score (nSPS) is 12.8. The van der Waals surface area contributed by atoms with E-state index in [9.17, 15) is 0 Å². The minimum atomic E-state index is -0.0847. The highest BCUT2D eigenvalue weighted by atomic mass is 15.2. The topological polar surface area (TPSA) is 53.1 Å². The molecule has 4 nitrogen and oxygen atoms in total. The van der Waals surface area contributed by atoms with Crippen LogP contribution in [-0.4, -0.2) is 14.9 Å². The number of hydrogen-bond acceptors (Lipinski definition) is 3. The molecule has 1 N–H and O–H groups in total. The van der Waals surface area contributed by atoms with E-state index in [1.165, 1.54) is 0 Å². The lowest BCUT2D eigenvalue weighted by Gasteiger charge is -2.35. The summed E-state index contributed by atoms with van der Waals surface area (Å²) < 4.78 is 2.18. The van der Waals surface area contributed by atoms with E-state index >= 15 is 0 Å². The van der Waals surface area contributed by atoms with Crippen molar-refractivity contribution in [3.63, 3.8) is 0 Å². The highest BCUT2D eigenvalue weighted by Gasteiger charge is 2.30. The Morgan fingerprint density at radius 2 is 1.50 bits per heavy atom. The maximum atomic E-state index is 9.07. The van der Waals surface area contributed by atoms with Crippen LogP contribution in [0.15, 0.2) is 42.6 Å². The Morgan fingerprint density at radius 1 is 0.900 bits per heavy atom. The molecule has 0 amide bonds. The Hall–Kier alpha value is -2.80. The summed E-state index contributed by atoms with van der Waals surface area (Å²) in [5.74, 6) is 1.06. The first-order valence-corrected chi connectivity index (χ1v) is 10.6. The molecule has 0 aliphatic heterocycles. The molecule has 0 radical (unpaired) electrons. The Labute approximate surface area is 181 Å². The molecule has 30 heavy (non-hydrogen) atoms. The van der Waals surface area contributed by atoms with E-state index in [4.69, 9.17) is 10.2 Å². The van der Waals surface area contributed by atoms with Crippen LogP contribution in [0.5, 0.6) is 0 Å². The van der Waals surface area contributed by atoms with Gasteiger partial charge in [0.25, 0.3) is 0 Å². The lowest BCUT2D eigenvalue weighted by Crippen LogP contribution is -2.36. The van der Waals surface area contributed by atoms with E-state index in [-0.39, 0.29) is 16.4 Å². The number of nitrogens with one attached hydrogen (secondary N) is 1. The number of nitrogens with zero attached hydrogens (tertiary/aromatic N) is 3. The molecule has 0 bridgehead atoms. The van der Waals surface area contributed by atoms with Crippen molar-refractivity contribution in [2.75, 3.05) is 5.32 Å². The van der Waals surface area contributed by atoms with Crippen molar-refractivity contribution < 1.29 is 0 Å². The molecule has 0 aliphatic rings. The fourth-order valence-corrected chi connectivity index (χ4v) is 4.29. The quantitative estimate of drug-likeness (QED) is 0.522. The zero-order valence-corrected chi connectivity index (χ0v) is 19.6. The van der Waals surface area contributed by atoms with Crippen LogP contribution in [0.25, 0.3) is 16.8 Å². The zero-order valence-electron chi connectivity index (χ0n) is 19.6. The smallest absolute Gasteiger partial charge is 0.138 e. The number of anilines is 1. The highest BCUT2D eigenvalue weighted by molar-refractivity contribution is 5.68. The summed E-state index contributed by atoms with van der Waals surface area (Å²) >= 11 is 0. The molecule has 0 spiro atoms. The average molecular weight is 403 g/mol. The first kappa shape index (κ1) is 21.9. The van der Waals surface area contributed by atoms with Gasteiger partial charge in [-0.1, -0.05) is 53.7 Å². The third kappa shape index (κ3) is 4.84. The van der Waals surface area contributed by atoms with Gasteiger partial charge in [0.15, 0.2) is 0 Å². The van der Waals surface area contributed by atoms with Crippen LogP contribution in [0.3, 0.4) is 0 Å². The van der Waals surface area contributed by atoms with Crippen LogP contribution >= 0.6 is 0 Å². The number of hydrogen-bond donors (Lipinski definition) is 1. The van der Waals surface area contributed by atoms with Gasteiger partial charge in [-0.3, -0.25) is 4.40 Å². The molecule has 2 heterocycles. The Morgan fingerprint density at radius 3 is 2.03 bits per heavy atom. The maximum absolute atomic E-state index is 9.07. The number of rotatable bonds is 4. The maximum Gasteiger partial charge on any atom is 0.138 e. The largest absolute Gasteiger partial charge is 0.365 e. The lowest BCUT2D eigenvalue weighted by molar-refractivity contribution is 0.301. The summed E-state index contributed by atoms with van der Waals surface area (Å²) in [6.07, 6.45) is 3.18. The van der Waals surface area contributed by atoms with Gasteiger partial charge < -0.3 is 5.32 Å². The molecule has 158 valence electrons. The number of nitriles is 1. The third-order valence-corrected chi connectivity index (χ3v) is 5.11. The Kier molecular flexibility index (Phi) is 5.45. The zero-order chi connectivity index (χ0) is 22.3. The summed E-state index contributed by atoms with van der Waals surface area (Å²) in [4.78, 5) is 4.98. The van der Waals surface area contributed by atoms with Crippen LogP contribution in [0.1, 0.15) is 73.1 Å². The summed E-state index contributed by atoms with van der Waals surface area (Å²) in [5, 5.41) is 12.9. The van der Waals surface area contributed by atoms with Crippen molar-refractivity contribution >= 4 is 11.5 Å².